The minimum Gasteiger partial charge on any atom is -0.464 e. The van der Waals surface area contributed by atoms with Gasteiger partial charge in [0.1, 0.15) is 5.58 Å². The second kappa shape index (κ2) is 2.51. The van der Waals surface area contributed by atoms with Crippen LogP contribution < -0.4 is 5.73 Å². The van der Waals surface area contributed by atoms with E-state index in [2.05, 4.69) is 6.07 Å². The third kappa shape index (κ3) is 0.852. The first-order valence-electron chi connectivity index (χ1n) is 4.51. The lowest BCUT2D eigenvalue weighted by Crippen LogP contribution is -1.85. The smallest absolute Gasteiger partial charge is 0.134 e. The largest absolute Gasteiger partial charge is 0.464 e. The molecule has 0 bridgehead atoms. The van der Waals surface area contributed by atoms with Gasteiger partial charge in [-0.2, -0.15) is 0 Å². The Kier molecular flexibility index (Phi) is 1.34. The summed E-state index contributed by atoms with van der Waals surface area (Å²) in [5, 5.41) is 3.35. The van der Waals surface area contributed by atoms with E-state index in [4.69, 9.17) is 10.2 Å². The van der Waals surface area contributed by atoms with Gasteiger partial charge in [-0.1, -0.05) is 12.1 Å². The molecule has 0 saturated heterocycles. The average Bonchev–Trinajstić information content (AvgIpc) is 2.66. The van der Waals surface area contributed by atoms with Crippen molar-refractivity contribution in [3.05, 3.63) is 42.7 Å². The van der Waals surface area contributed by atoms with Crippen molar-refractivity contribution in [3.8, 4) is 0 Å². The summed E-state index contributed by atoms with van der Waals surface area (Å²) in [5.41, 5.74) is 7.60. The van der Waals surface area contributed by atoms with Crippen LogP contribution in [0.15, 0.2) is 47.1 Å². The molecular weight excluding hydrogens is 174 g/mol. The monoisotopic (exact) mass is 183 g/mol. The molecule has 0 atom stereocenters. The van der Waals surface area contributed by atoms with E-state index in [9.17, 15) is 0 Å². The zero-order chi connectivity index (χ0) is 9.54. The molecule has 1 heterocycles. The van der Waals surface area contributed by atoms with Gasteiger partial charge in [0.05, 0.1) is 6.26 Å². The maximum atomic E-state index is 5.89. The number of nitrogens with two attached hydrogens (primary N) is 1. The predicted octanol–water partition coefficient (Wildman–Crippen LogP) is 3.17. The highest BCUT2D eigenvalue weighted by molar-refractivity contribution is 6.09. The molecule has 0 aliphatic rings. The van der Waals surface area contributed by atoms with Crippen LogP contribution in [0.1, 0.15) is 0 Å². The highest BCUT2D eigenvalue weighted by Crippen LogP contribution is 2.29. The molecular formula is C12H9NO. The summed E-state index contributed by atoms with van der Waals surface area (Å²) in [4.78, 5) is 0. The molecule has 3 aromatic rings. The van der Waals surface area contributed by atoms with Gasteiger partial charge in [-0.3, -0.25) is 0 Å². The minimum atomic E-state index is 0.811. The van der Waals surface area contributed by atoms with Gasteiger partial charge in [0.15, 0.2) is 0 Å². The number of furan rings is 1. The van der Waals surface area contributed by atoms with Gasteiger partial charge in [0.25, 0.3) is 0 Å². The van der Waals surface area contributed by atoms with E-state index in [1.807, 2.05) is 30.3 Å². The second-order valence-corrected chi connectivity index (χ2v) is 3.34. The Hall–Kier alpha value is -1.96. The molecule has 0 spiro atoms. The van der Waals surface area contributed by atoms with Crippen molar-refractivity contribution >= 4 is 27.4 Å². The van der Waals surface area contributed by atoms with E-state index < -0.39 is 0 Å². The fourth-order valence-corrected chi connectivity index (χ4v) is 1.84. The molecule has 0 fully saturated rings. The lowest BCUT2D eigenvalue weighted by Gasteiger charge is -2.01. The van der Waals surface area contributed by atoms with Crippen LogP contribution >= 0.6 is 0 Å². The zero-order valence-electron chi connectivity index (χ0n) is 7.53. The first-order chi connectivity index (χ1) is 6.86. The van der Waals surface area contributed by atoms with Crippen molar-refractivity contribution in [1.29, 1.82) is 0 Å². The molecule has 2 heteroatoms. The quantitative estimate of drug-likeness (QED) is 0.544. The van der Waals surface area contributed by atoms with Gasteiger partial charge in [-0.15, -0.1) is 0 Å². The van der Waals surface area contributed by atoms with Crippen LogP contribution in [0.3, 0.4) is 0 Å². The number of rotatable bonds is 0. The summed E-state index contributed by atoms with van der Waals surface area (Å²) in [7, 11) is 0. The lowest BCUT2D eigenvalue weighted by atomic mass is 10.1. The van der Waals surface area contributed by atoms with E-state index in [-0.39, 0.29) is 0 Å². The van der Waals surface area contributed by atoms with E-state index in [1.54, 1.807) is 6.26 Å². The Bertz CT molecular complexity index is 610. The first kappa shape index (κ1) is 7.44. The van der Waals surface area contributed by atoms with Crippen molar-refractivity contribution in [2.24, 2.45) is 0 Å². The topological polar surface area (TPSA) is 39.2 Å². The van der Waals surface area contributed by atoms with Crippen molar-refractivity contribution in [3.63, 3.8) is 0 Å². The van der Waals surface area contributed by atoms with Crippen LogP contribution in [0.2, 0.25) is 0 Å². The van der Waals surface area contributed by atoms with E-state index in [1.165, 1.54) is 0 Å². The SMILES string of the molecule is Nc1cccc2c1ccc1occc12. The molecule has 0 unspecified atom stereocenters. The van der Waals surface area contributed by atoms with Gasteiger partial charge in [-0.05, 0) is 29.7 Å². The molecule has 0 saturated carbocycles. The predicted molar refractivity (Wildman–Crippen MR) is 58.1 cm³/mol. The zero-order valence-corrected chi connectivity index (χ0v) is 7.53. The van der Waals surface area contributed by atoms with E-state index in [0.717, 1.165) is 27.4 Å². The molecule has 2 nitrogen and oxygen atoms in total. The lowest BCUT2D eigenvalue weighted by molar-refractivity contribution is 0.616. The third-order valence-corrected chi connectivity index (χ3v) is 2.53. The van der Waals surface area contributed by atoms with Crippen LogP contribution in [0.5, 0.6) is 0 Å². The van der Waals surface area contributed by atoms with Gasteiger partial charge in [-0.25, -0.2) is 0 Å². The summed E-state index contributed by atoms with van der Waals surface area (Å²) < 4.78 is 5.33. The van der Waals surface area contributed by atoms with Gasteiger partial charge in [0.2, 0.25) is 0 Å². The molecule has 3 rings (SSSR count). The number of hydrogen-bond donors (Lipinski definition) is 1. The van der Waals surface area contributed by atoms with Gasteiger partial charge >= 0.3 is 0 Å². The highest BCUT2D eigenvalue weighted by atomic mass is 16.3. The minimum absolute atomic E-state index is 0.811. The summed E-state index contributed by atoms with van der Waals surface area (Å²) in [6.07, 6.45) is 1.70. The molecule has 68 valence electrons. The standard InChI is InChI=1S/C12H9NO/c13-11-3-1-2-8-9(11)4-5-12-10(8)6-7-14-12/h1-7H,13H2. The summed E-state index contributed by atoms with van der Waals surface area (Å²) in [5.74, 6) is 0. The van der Waals surface area contributed by atoms with Crippen LogP contribution in [-0.2, 0) is 0 Å². The number of nitrogen functional groups attached to an aromatic ring is 1. The molecule has 1 aromatic heterocycles. The fraction of sp³-hybridized carbons (Fsp3) is 0. The Labute approximate surface area is 80.9 Å². The van der Waals surface area contributed by atoms with E-state index >= 15 is 0 Å². The summed E-state index contributed by atoms with van der Waals surface area (Å²) in [6.45, 7) is 0. The normalized spacial score (nSPS) is 11.1. The number of fused-ring (bicyclic) bond motifs is 3. The van der Waals surface area contributed by atoms with Gasteiger partial charge < -0.3 is 10.2 Å². The molecule has 0 aliphatic heterocycles. The summed E-state index contributed by atoms with van der Waals surface area (Å²) in [6, 6.07) is 11.9. The van der Waals surface area contributed by atoms with Crippen LogP contribution in [0, 0.1) is 0 Å². The highest BCUT2D eigenvalue weighted by Gasteiger charge is 2.03. The fourth-order valence-electron chi connectivity index (χ4n) is 1.84. The molecule has 0 radical (unpaired) electrons. The number of benzene rings is 2. The second-order valence-electron chi connectivity index (χ2n) is 3.34. The van der Waals surface area contributed by atoms with Crippen molar-refractivity contribution in [2.45, 2.75) is 0 Å². The Morgan fingerprint density at radius 2 is 1.79 bits per heavy atom. The first-order valence-corrected chi connectivity index (χ1v) is 4.51. The van der Waals surface area contributed by atoms with Crippen LogP contribution in [0.25, 0.3) is 21.7 Å². The van der Waals surface area contributed by atoms with Crippen LogP contribution in [-0.4, -0.2) is 0 Å². The molecule has 14 heavy (non-hydrogen) atoms. The summed E-state index contributed by atoms with van der Waals surface area (Å²) >= 11 is 0. The third-order valence-electron chi connectivity index (χ3n) is 2.53. The van der Waals surface area contributed by atoms with Crippen LogP contribution in [0.4, 0.5) is 5.69 Å². The maximum Gasteiger partial charge on any atom is 0.134 e. The van der Waals surface area contributed by atoms with Crippen molar-refractivity contribution in [1.82, 2.24) is 0 Å². The average molecular weight is 183 g/mol. The maximum absolute atomic E-state index is 5.89. The Morgan fingerprint density at radius 3 is 2.71 bits per heavy atom. The molecule has 2 N–H and O–H groups in total. The Balaban J connectivity index is 2.64. The Morgan fingerprint density at radius 1 is 0.857 bits per heavy atom. The number of anilines is 1. The molecule has 0 amide bonds. The number of hydrogen-bond acceptors (Lipinski definition) is 2. The van der Waals surface area contributed by atoms with Crippen molar-refractivity contribution in [2.75, 3.05) is 5.73 Å². The van der Waals surface area contributed by atoms with E-state index in [0.29, 0.717) is 0 Å². The molecule has 2 aromatic carbocycles. The van der Waals surface area contributed by atoms with Crippen molar-refractivity contribution < 1.29 is 4.42 Å². The molecule has 0 aliphatic carbocycles. The van der Waals surface area contributed by atoms with Gasteiger partial charge in [0, 0.05) is 16.5 Å².